The Balaban J connectivity index is 1.61. The Labute approximate surface area is 161 Å². The molecule has 5 heteroatoms. The normalized spacial score (nSPS) is 38.2. The Bertz CT molecular complexity index is 733. The highest BCUT2D eigenvalue weighted by Crippen LogP contribution is 2.59. The van der Waals surface area contributed by atoms with Crippen LogP contribution in [0.3, 0.4) is 0 Å². The van der Waals surface area contributed by atoms with Crippen LogP contribution >= 0.6 is 0 Å². The molecular formula is C22H31NO4. The van der Waals surface area contributed by atoms with Crippen LogP contribution in [-0.4, -0.2) is 60.7 Å². The number of nitrogens with zero attached hydrogens (tertiary/aromatic N) is 1. The second-order valence-electron chi connectivity index (χ2n) is 9.15. The summed E-state index contributed by atoms with van der Waals surface area (Å²) in [7, 11) is 3.32. The maximum atomic E-state index is 11.1. The molecule has 5 rings (SSSR count). The lowest BCUT2D eigenvalue weighted by molar-refractivity contribution is -0.118. The number of fused-ring (bicyclic) bond motifs is 1. The van der Waals surface area contributed by atoms with E-state index in [2.05, 4.69) is 11.0 Å². The minimum Gasteiger partial charge on any atom is -0.504 e. The van der Waals surface area contributed by atoms with Gasteiger partial charge in [0.2, 0.25) is 0 Å². The van der Waals surface area contributed by atoms with Gasteiger partial charge in [-0.1, -0.05) is 6.07 Å². The third kappa shape index (κ3) is 2.62. The molecule has 2 N–H and O–H groups in total. The highest BCUT2D eigenvalue weighted by molar-refractivity contribution is 5.56. The first-order chi connectivity index (χ1) is 13.1. The summed E-state index contributed by atoms with van der Waals surface area (Å²) in [6, 6.07) is 4.50. The lowest BCUT2D eigenvalue weighted by Crippen LogP contribution is -2.64. The van der Waals surface area contributed by atoms with E-state index in [1.54, 1.807) is 14.2 Å². The number of methoxy groups -OCH3 is 2. The zero-order valence-corrected chi connectivity index (χ0v) is 16.4. The predicted molar refractivity (Wildman–Crippen MR) is 102 cm³/mol. The molecule has 148 valence electrons. The van der Waals surface area contributed by atoms with Crippen molar-refractivity contribution in [1.82, 2.24) is 4.90 Å². The van der Waals surface area contributed by atoms with Crippen molar-refractivity contribution >= 4 is 0 Å². The van der Waals surface area contributed by atoms with Crippen LogP contribution in [0.25, 0.3) is 0 Å². The number of benzene rings is 1. The van der Waals surface area contributed by atoms with Crippen molar-refractivity contribution in [3.05, 3.63) is 23.3 Å². The van der Waals surface area contributed by atoms with E-state index in [1.165, 1.54) is 24.9 Å². The third-order valence-electron chi connectivity index (χ3n) is 7.84. The number of aromatic hydroxyl groups is 1. The van der Waals surface area contributed by atoms with Gasteiger partial charge in [-0.15, -0.1) is 0 Å². The van der Waals surface area contributed by atoms with Gasteiger partial charge in [0.15, 0.2) is 11.5 Å². The molecule has 4 aliphatic rings. The summed E-state index contributed by atoms with van der Waals surface area (Å²) in [5, 5.41) is 21.9. The molecule has 3 fully saturated rings. The highest BCUT2D eigenvalue weighted by atomic mass is 16.5. The minimum absolute atomic E-state index is 0.110. The molecule has 1 heterocycles. The fourth-order valence-electron chi connectivity index (χ4n) is 6.39. The quantitative estimate of drug-likeness (QED) is 0.849. The molecule has 1 aromatic rings. The molecule has 5 atom stereocenters. The van der Waals surface area contributed by atoms with E-state index in [4.69, 9.17) is 9.47 Å². The SMILES string of the molecule is COc1ccc2c(c1O)C13CCN(CC4CC4)C(C2)C1CC(OC)C(O)C3. The lowest BCUT2D eigenvalue weighted by Gasteiger charge is -2.60. The van der Waals surface area contributed by atoms with Crippen LogP contribution in [0.1, 0.15) is 43.2 Å². The Morgan fingerprint density at radius 2 is 2.07 bits per heavy atom. The molecule has 1 saturated heterocycles. The number of ether oxygens (including phenoxy) is 2. The van der Waals surface area contributed by atoms with Gasteiger partial charge in [-0.05, 0) is 68.5 Å². The van der Waals surface area contributed by atoms with Gasteiger partial charge in [0.25, 0.3) is 0 Å². The van der Waals surface area contributed by atoms with Gasteiger partial charge in [-0.25, -0.2) is 0 Å². The Hall–Kier alpha value is -1.30. The molecule has 3 aliphatic carbocycles. The third-order valence-corrected chi connectivity index (χ3v) is 7.84. The van der Waals surface area contributed by atoms with E-state index >= 15 is 0 Å². The average Bonchev–Trinajstić information content (AvgIpc) is 3.47. The Kier molecular flexibility index (Phi) is 4.19. The monoisotopic (exact) mass is 373 g/mol. The fraction of sp³-hybridized carbons (Fsp3) is 0.727. The van der Waals surface area contributed by atoms with Crippen LogP contribution in [0, 0.1) is 11.8 Å². The molecule has 1 aliphatic heterocycles. The predicted octanol–water partition coefficient (Wildman–Crippen LogP) is 2.46. The molecule has 5 unspecified atom stereocenters. The number of likely N-dealkylation sites (tertiary alicyclic amines) is 1. The zero-order valence-electron chi connectivity index (χ0n) is 16.4. The van der Waals surface area contributed by atoms with E-state index in [-0.39, 0.29) is 17.3 Å². The topological polar surface area (TPSA) is 62.2 Å². The van der Waals surface area contributed by atoms with Crippen molar-refractivity contribution in [2.75, 3.05) is 27.3 Å². The average molecular weight is 373 g/mol. The van der Waals surface area contributed by atoms with E-state index in [9.17, 15) is 10.2 Å². The van der Waals surface area contributed by atoms with Crippen molar-refractivity contribution in [2.45, 2.75) is 62.2 Å². The maximum absolute atomic E-state index is 11.1. The summed E-state index contributed by atoms with van der Waals surface area (Å²) in [6.45, 7) is 2.26. The van der Waals surface area contributed by atoms with E-state index in [0.717, 1.165) is 37.3 Å². The van der Waals surface area contributed by atoms with Crippen molar-refractivity contribution in [3.63, 3.8) is 0 Å². The van der Waals surface area contributed by atoms with E-state index in [1.807, 2.05) is 6.07 Å². The van der Waals surface area contributed by atoms with Gasteiger partial charge in [0, 0.05) is 30.7 Å². The number of piperidine rings is 1. The number of aliphatic hydroxyl groups is 1. The van der Waals surface area contributed by atoms with Gasteiger partial charge < -0.3 is 19.7 Å². The van der Waals surface area contributed by atoms with Crippen LogP contribution in [0.5, 0.6) is 11.5 Å². The van der Waals surface area contributed by atoms with E-state index < -0.39 is 6.10 Å². The number of phenols is 1. The summed E-state index contributed by atoms with van der Waals surface area (Å²) in [4.78, 5) is 2.70. The molecule has 1 aromatic carbocycles. The summed E-state index contributed by atoms with van der Waals surface area (Å²) < 4.78 is 11.1. The van der Waals surface area contributed by atoms with Gasteiger partial charge in [0.1, 0.15) is 0 Å². The van der Waals surface area contributed by atoms with E-state index in [0.29, 0.717) is 24.1 Å². The van der Waals surface area contributed by atoms with Crippen molar-refractivity contribution < 1.29 is 19.7 Å². The van der Waals surface area contributed by atoms with Crippen molar-refractivity contribution in [3.8, 4) is 11.5 Å². The van der Waals surface area contributed by atoms with Crippen LogP contribution in [-0.2, 0) is 16.6 Å². The first-order valence-corrected chi connectivity index (χ1v) is 10.4. The standard InChI is InChI=1S/C22H31NO4/c1-26-18-6-5-14-9-16-15-10-19(27-2)17(24)11-22(15,20(14)21(18)25)7-8-23(16)12-13-3-4-13/h5-6,13,15-17,19,24-25H,3-4,7-12H2,1-2H3. The minimum atomic E-state index is -0.488. The van der Waals surface area contributed by atoms with Crippen molar-refractivity contribution in [2.24, 2.45) is 11.8 Å². The second-order valence-corrected chi connectivity index (χ2v) is 9.15. The molecule has 27 heavy (non-hydrogen) atoms. The first kappa shape index (κ1) is 17.8. The molecule has 2 saturated carbocycles. The van der Waals surface area contributed by atoms with Crippen LogP contribution in [0.15, 0.2) is 12.1 Å². The molecule has 0 aromatic heterocycles. The second kappa shape index (κ2) is 6.36. The number of aliphatic hydroxyl groups excluding tert-OH is 1. The smallest absolute Gasteiger partial charge is 0.161 e. The highest BCUT2D eigenvalue weighted by Gasteiger charge is 2.59. The largest absolute Gasteiger partial charge is 0.504 e. The first-order valence-electron chi connectivity index (χ1n) is 10.4. The van der Waals surface area contributed by atoms with Crippen molar-refractivity contribution in [1.29, 1.82) is 0 Å². The summed E-state index contributed by atoms with van der Waals surface area (Å²) in [5.74, 6) is 2.11. The van der Waals surface area contributed by atoms with Crippen LogP contribution in [0.2, 0.25) is 0 Å². The molecule has 2 bridgehead atoms. The summed E-state index contributed by atoms with van der Waals surface area (Å²) >= 11 is 0. The van der Waals surface area contributed by atoms with Gasteiger partial charge >= 0.3 is 0 Å². The maximum Gasteiger partial charge on any atom is 0.161 e. The number of hydrogen-bond donors (Lipinski definition) is 2. The number of rotatable bonds is 4. The Morgan fingerprint density at radius 3 is 2.78 bits per heavy atom. The molecule has 0 spiro atoms. The van der Waals surface area contributed by atoms with Gasteiger partial charge in [-0.3, -0.25) is 4.90 Å². The summed E-state index contributed by atoms with van der Waals surface area (Å²) in [5.41, 5.74) is 2.10. The number of hydrogen-bond acceptors (Lipinski definition) is 5. The molecule has 0 amide bonds. The van der Waals surface area contributed by atoms with Crippen LogP contribution < -0.4 is 4.74 Å². The van der Waals surface area contributed by atoms with Gasteiger partial charge in [0.05, 0.1) is 19.3 Å². The van der Waals surface area contributed by atoms with Crippen LogP contribution in [0.4, 0.5) is 0 Å². The molecule has 0 radical (unpaired) electrons. The molecule has 5 nitrogen and oxygen atoms in total. The summed E-state index contributed by atoms with van der Waals surface area (Å²) in [6.07, 6.45) is 5.62. The van der Waals surface area contributed by atoms with Gasteiger partial charge in [-0.2, -0.15) is 0 Å². The number of phenolic OH excluding ortho intramolecular Hbond substituents is 1. The Morgan fingerprint density at radius 1 is 1.26 bits per heavy atom. The lowest BCUT2D eigenvalue weighted by atomic mass is 9.51. The molecular weight excluding hydrogens is 342 g/mol. The zero-order chi connectivity index (χ0) is 18.8. The fourth-order valence-corrected chi connectivity index (χ4v) is 6.39.